The Morgan fingerprint density at radius 1 is 1.14 bits per heavy atom. The number of rotatable bonds is 6. The molecule has 1 saturated heterocycles. The first-order chi connectivity index (χ1) is 13.7. The van der Waals surface area contributed by atoms with E-state index in [1.54, 1.807) is 6.20 Å². The van der Waals surface area contributed by atoms with Crippen molar-refractivity contribution in [2.24, 2.45) is 5.92 Å². The van der Waals surface area contributed by atoms with Crippen molar-refractivity contribution >= 4 is 23.4 Å². The molecule has 154 valence electrons. The lowest BCUT2D eigenvalue weighted by molar-refractivity contribution is -0.119. The van der Waals surface area contributed by atoms with Gasteiger partial charge in [-0.2, -0.15) is 0 Å². The van der Waals surface area contributed by atoms with Crippen molar-refractivity contribution < 1.29 is 14.3 Å². The summed E-state index contributed by atoms with van der Waals surface area (Å²) in [4.78, 5) is 32.4. The number of aromatic nitrogens is 1. The molecule has 0 atom stereocenters. The van der Waals surface area contributed by atoms with Crippen LogP contribution in [0.1, 0.15) is 32.1 Å². The molecule has 1 aromatic heterocycles. The summed E-state index contributed by atoms with van der Waals surface area (Å²) in [7, 11) is 1.48. The van der Waals surface area contributed by atoms with Crippen molar-refractivity contribution in [1.82, 2.24) is 15.2 Å². The highest BCUT2D eigenvalue weighted by atomic mass is 16.5. The molecule has 1 aliphatic heterocycles. The van der Waals surface area contributed by atoms with E-state index in [-0.39, 0.29) is 18.5 Å². The molecule has 2 heterocycles. The van der Waals surface area contributed by atoms with Gasteiger partial charge >= 0.3 is 6.03 Å². The summed E-state index contributed by atoms with van der Waals surface area (Å²) in [6.45, 7) is 3.69. The van der Waals surface area contributed by atoms with Gasteiger partial charge in [0, 0.05) is 39.8 Å². The molecule has 0 spiro atoms. The minimum absolute atomic E-state index is 0.0204. The number of nitrogens with one attached hydrogen (secondary N) is 2. The van der Waals surface area contributed by atoms with Gasteiger partial charge in [-0.15, -0.1) is 0 Å². The second-order valence-corrected chi connectivity index (χ2v) is 7.55. The zero-order chi connectivity index (χ0) is 19.8. The molecular formula is C20H31N5O3. The molecule has 1 aliphatic carbocycles. The number of nitrogens with zero attached hydrogens (tertiary/aromatic N) is 3. The van der Waals surface area contributed by atoms with Gasteiger partial charge in [-0.25, -0.2) is 9.78 Å². The molecule has 0 aromatic carbocycles. The summed E-state index contributed by atoms with van der Waals surface area (Å²) in [5, 5.41) is 5.84. The van der Waals surface area contributed by atoms with Crippen molar-refractivity contribution in [2.75, 3.05) is 56.7 Å². The molecule has 8 nitrogen and oxygen atoms in total. The Hall–Kier alpha value is -2.35. The van der Waals surface area contributed by atoms with E-state index in [9.17, 15) is 9.59 Å². The number of anilines is 2. The predicted molar refractivity (Wildman–Crippen MR) is 109 cm³/mol. The minimum atomic E-state index is -0.204. The van der Waals surface area contributed by atoms with Crippen LogP contribution < -0.4 is 15.5 Å². The van der Waals surface area contributed by atoms with Crippen LogP contribution in [0, 0.1) is 5.92 Å². The van der Waals surface area contributed by atoms with Crippen molar-refractivity contribution in [3.8, 4) is 0 Å². The summed E-state index contributed by atoms with van der Waals surface area (Å²) in [5.74, 6) is 1.29. The number of amides is 3. The number of carbonyl (C=O) groups excluding carboxylic acids is 2. The number of pyridine rings is 1. The fourth-order valence-corrected chi connectivity index (χ4v) is 3.85. The number of hydrogen-bond donors (Lipinski definition) is 2. The molecule has 8 heteroatoms. The van der Waals surface area contributed by atoms with Crippen LogP contribution >= 0.6 is 0 Å². The van der Waals surface area contributed by atoms with E-state index in [0.717, 1.165) is 25.5 Å². The Kier molecular flexibility index (Phi) is 7.47. The Morgan fingerprint density at radius 3 is 2.54 bits per heavy atom. The monoisotopic (exact) mass is 389 g/mol. The highest BCUT2D eigenvalue weighted by molar-refractivity contribution is 5.91. The fourth-order valence-electron chi connectivity index (χ4n) is 3.85. The van der Waals surface area contributed by atoms with Gasteiger partial charge in [0.25, 0.3) is 0 Å². The molecule has 28 heavy (non-hydrogen) atoms. The first-order valence-corrected chi connectivity index (χ1v) is 10.2. The van der Waals surface area contributed by atoms with E-state index in [2.05, 4.69) is 20.5 Å². The van der Waals surface area contributed by atoms with Crippen LogP contribution in [0.2, 0.25) is 0 Å². The van der Waals surface area contributed by atoms with Crippen molar-refractivity contribution in [3.63, 3.8) is 0 Å². The molecular weight excluding hydrogens is 358 g/mol. The van der Waals surface area contributed by atoms with E-state index < -0.39 is 0 Å². The first-order valence-electron chi connectivity index (χ1n) is 10.2. The van der Waals surface area contributed by atoms with E-state index in [1.807, 2.05) is 17.0 Å². The lowest BCUT2D eigenvalue weighted by atomic mass is 9.89. The zero-order valence-corrected chi connectivity index (χ0v) is 16.7. The summed E-state index contributed by atoms with van der Waals surface area (Å²) < 4.78 is 4.80. The maximum absolute atomic E-state index is 12.4. The Morgan fingerprint density at radius 2 is 1.89 bits per heavy atom. The van der Waals surface area contributed by atoms with E-state index >= 15 is 0 Å². The fraction of sp³-hybridized carbons (Fsp3) is 0.650. The van der Waals surface area contributed by atoms with Gasteiger partial charge in [0.1, 0.15) is 12.4 Å². The average Bonchev–Trinajstić information content (AvgIpc) is 2.73. The average molecular weight is 390 g/mol. The van der Waals surface area contributed by atoms with Crippen LogP contribution in [0.5, 0.6) is 0 Å². The lowest BCUT2D eigenvalue weighted by Crippen LogP contribution is -2.52. The minimum Gasteiger partial charge on any atom is -0.375 e. The number of methoxy groups -OCH3 is 1. The van der Waals surface area contributed by atoms with E-state index in [1.165, 1.54) is 39.2 Å². The highest BCUT2D eigenvalue weighted by Gasteiger charge is 2.23. The number of urea groups is 1. The molecule has 1 aromatic rings. The third kappa shape index (κ3) is 5.82. The Bertz CT molecular complexity index is 638. The summed E-state index contributed by atoms with van der Waals surface area (Å²) in [6, 6.07) is 3.77. The van der Waals surface area contributed by atoms with Crippen molar-refractivity contribution in [1.29, 1.82) is 0 Å². The molecule has 3 amide bonds. The standard InChI is InChI=1S/C20H31N5O3/c1-28-15-19(26)23-17-7-8-18(21-14-17)24-9-11-25(12-10-24)20(27)22-13-16-5-3-2-4-6-16/h7-8,14,16H,2-6,9-13,15H2,1H3,(H,22,27)(H,23,26). The van der Waals surface area contributed by atoms with Crippen LogP contribution in [-0.2, 0) is 9.53 Å². The first kappa shape index (κ1) is 20.4. The summed E-state index contributed by atoms with van der Waals surface area (Å²) >= 11 is 0. The van der Waals surface area contributed by atoms with Gasteiger partial charge in [0.05, 0.1) is 11.9 Å². The third-order valence-corrected chi connectivity index (χ3v) is 5.46. The molecule has 1 saturated carbocycles. The zero-order valence-electron chi connectivity index (χ0n) is 16.7. The van der Waals surface area contributed by atoms with E-state index in [0.29, 0.717) is 24.7 Å². The van der Waals surface area contributed by atoms with Gasteiger partial charge in [-0.05, 0) is 30.9 Å². The SMILES string of the molecule is COCC(=O)Nc1ccc(N2CCN(C(=O)NCC3CCCCC3)CC2)nc1. The summed E-state index contributed by atoms with van der Waals surface area (Å²) in [6.07, 6.45) is 8.04. The van der Waals surface area contributed by atoms with Gasteiger partial charge in [0.2, 0.25) is 5.91 Å². The predicted octanol–water partition coefficient (Wildman–Crippen LogP) is 2.08. The topological polar surface area (TPSA) is 86.8 Å². The normalized spacial score (nSPS) is 18.0. The second kappa shape index (κ2) is 10.3. The molecule has 2 fully saturated rings. The lowest BCUT2D eigenvalue weighted by Gasteiger charge is -2.35. The van der Waals surface area contributed by atoms with Gasteiger partial charge < -0.3 is 25.2 Å². The highest BCUT2D eigenvalue weighted by Crippen LogP contribution is 2.23. The van der Waals surface area contributed by atoms with Crippen LogP contribution in [0.4, 0.5) is 16.3 Å². The van der Waals surface area contributed by atoms with Crippen molar-refractivity contribution in [2.45, 2.75) is 32.1 Å². The van der Waals surface area contributed by atoms with Crippen molar-refractivity contribution in [3.05, 3.63) is 18.3 Å². The summed E-state index contributed by atoms with van der Waals surface area (Å²) in [5.41, 5.74) is 0.645. The van der Waals surface area contributed by atoms with Gasteiger partial charge in [-0.3, -0.25) is 4.79 Å². The molecule has 0 bridgehead atoms. The molecule has 0 radical (unpaired) electrons. The van der Waals surface area contributed by atoms with Crippen LogP contribution in [0.25, 0.3) is 0 Å². The van der Waals surface area contributed by atoms with Crippen LogP contribution in [0.3, 0.4) is 0 Å². The number of hydrogen-bond acceptors (Lipinski definition) is 5. The molecule has 2 aliphatic rings. The van der Waals surface area contributed by atoms with E-state index in [4.69, 9.17) is 4.74 Å². The third-order valence-electron chi connectivity index (χ3n) is 5.46. The number of piperazine rings is 1. The number of carbonyl (C=O) groups is 2. The van der Waals surface area contributed by atoms with Gasteiger partial charge in [-0.1, -0.05) is 19.3 Å². The maximum atomic E-state index is 12.4. The largest absolute Gasteiger partial charge is 0.375 e. The molecule has 0 unspecified atom stereocenters. The Balaban J connectivity index is 1.41. The second-order valence-electron chi connectivity index (χ2n) is 7.55. The molecule has 2 N–H and O–H groups in total. The number of ether oxygens (including phenoxy) is 1. The molecule has 3 rings (SSSR count). The maximum Gasteiger partial charge on any atom is 0.317 e. The smallest absolute Gasteiger partial charge is 0.317 e. The Labute approximate surface area is 166 Å². The quantitative estimate of drug-likeness (QED) is 0.778. The van der Waals surface area contributed by atoms with Crippen LogP contribution in [0.15, 0.2) is 18.3 Å². The van der Waals surface area contributed by atoms with Gasteiger partial charge in [0.15, 0.2) is 0 Å². The van der Waals surface area contributed by atoms with Crippen LogP contribution in [-0.4, -0.2) is 68.3 Å².